The van der Waals surface area contributed by atoms with Crippen LogP contribution in [0, 0.1) is 0 Å². The van der Waals surface area contributed by atoms with Crippen molar-refractivity contribution in [3.05, 3.63) is 71.4 Å². The van der Waals surface area contributed by atoms with Gasteiger partial charge in [-0.1, -0.05) is 18.2 Å². The van der Waals surface area contributed by atoms with Crippen molar-refractivity contribution in [3.63, 3.8) is 0 Å². The Hall–Kier alpha value is -4.60. The van der Waals surface area contributed by atoms with E-state index in [9.17, 15) is 14.4 Å². The van der Waals surface area contributed by atoms with Crippen molar-refractivity contribution in [1.82, 2.24) is 9.88 Å². The molecule has 10 nitrogen and oxygen atoms in total. The van der Waals surface area contributed by atoms with Crippen LogP contribution in [0.5, 0.6) is 17.4 Å². The number of fused-ring (bicyclic) bond motifs is 5. The Balaban J connectivity index is 1.47. The van der Waals surface area contributed by atoms with Gasteiger partial charge in [0.25, 0.3) is 11.8 Å². The fourth-order valence-corrected chi connectivity index (χ4v) is 4.67. The molecule has 0 saturated heterocycles. The van der Waals surface area contributed by atoms with E-state index in [4.69, 9.17) is 14.2 Å². The number of amides is 3. The number of hydrogen-bond acceptors (Lipinski definition) is 7. The Labute approximate surface area is 207 Å². The van der Waals surface area contributed by atoms with Gasteiger partial charge in [0.05, 0.1) is 50.0 Å². The van der Waals surface area contributed by atoms with Crippen LogP contribution in [0.15, 0.2) is 54.7 Å². The van der Waals surface area contributed by atoms with Crippen molar-refractivity contribution in [2.45, 2.75) is 12.6 Å². The summed E-state index contributed by atoms with van der Waals surface area (Å²) in [4.78, 5) is 47.2. The standard InChI is InChI=1S/C26H24N4O6/c1-34-19-10-9-17-22(23(19)36-3)26(33)30-18-7-5-4-6-16(18)25(32)29(24(17)30)13-12-20(31)28-15-8-11-21(35-2)27-14-15/h4-11,14,24H,12-13H2,1-3H3,(H,28,31)/t24-/m1/s1. The molecule has 1 N–H and O–H groups in total. The van der Waals surface area contributed by atoms with E-state index in [1.807, 2.05) is 0 Å². The van der Waals surface area contributed by atoms with E-state index in [1.54, 1.807) is 58.3 Å². The van der Waals surface area contributed by atoms with Crippen LogP contribution in [0.2, 0.25) is 0 Å². The molecule has 0 radical (unpaired) electrons. The molecule has 0 saturated carbocycles. The minimum Gasteiger partial charge on any atom is -0.493 e. The number of benzene rings is 2. The normalized spacial score (nSPS) is 15.7. The van der Waals surface area contributed by atoms with E-state index in [0.29, 0.717) is 45.4 Å². The second-order valence-corrected chi connectivity index (χ2v) is 8.22. The summed E-state index contributed by atoms with van der Waals surface area (Å²) in [5.74, 6) is 0.303. The molecule has 5 rings (SSSR count). The third-order valence-corrected chi connectivity index (χ3v) is 6.29. The maximum atomic E-state index is 13.7. The lowest BCUT2D eigenvalue weighted by molar-refractivity contribution is -0.116. The first-order chi connectivity index (χ1) is 17.5. The molecule has 1 aromatic heterocycles. The zero-order valence-electron chi connectivity index (χ0n) is 20.0. The van der Waals surface area contributed by atoms with Gasteiger partial charge >= 0.3 is 0 Å². The highest BCUT2D eigenvalue weighted by atomic mass is 16.5. The van der Waals surface area contributed by atoms with E-state index >= 15 is 0 Å². The van der Waals surface area contributed by atoms with E-state index < -0.39 is 6.17 Å². The molecule has 3 amide bonds. The fraction of sp³-hybridized carbons (Fsp3) is 0.231. The SMILES string of the molecule is COc1ccc(NC(=O)CCN2C(=O)c3ccccc3N3C(=O)c4c(ccc(OC)c4OC)[C@H]23)cn1. The van der Waals surface area contributed by atoms with Gasteiger partial charge in [-0.25, -0.2) is 4.98 Å². The van der Waals surface area contributed by atoms with Crippen molar-refractivity contribution < 1.29 is 28.6 Å². The van der Waals surface area contributed by atoms with Gasteiger partial charge in [-0.2, -0.15) is 0 Å². The van der Waals surface area contributed by atoms with Gasteiger partial charge in [0.1, 0.15) is 6.17 Å². The van der Waals surface area contributed by atoms with Crippen LogP contribution in [-0.2, 0) is 4.79 Å². The van der Waals surface area contributed by atoms with Gasteiger partial charge in [0, 0.05) is 24.6 Å². The van der Waals surface area contributed by atoms with Gasteiger partial charge in [-0.3, -0.25) is 19.3 Å². The minimum atomic E-state index is -0.717. The first-order valence-electron chi connectivity index (χ1n) is 11.3. The Morgan fingerprint density at radius 1 is 0.972 bits per heavy atom. The lowest BCUT2D eigenvalue weighted by Crippen LogP contribution is -2.49. The van der Waals surface area contributed by atoms with Gasteiger partial charge in [0.2, 0.25) is 11.8 Å². The van der Waals surface area contributed by atoms with Crippen molar-refractivity contribution in [2.24, 2.45) is 0 Å². The van der Waals surface area contributed by atoms with Crippen LogP contribution in [0.25, 0.3) is 0 Å². The number of methoxy groups -OCH3 is 3. The summed E-state index contributed by atoms with van der Waals surface area (Å²) in [5, 5.41) is 2.78. The number of pyridine rings is 1. The molecule has 0 aliphatic carbocycles. The number of hydrogen-bond donors (Lipinski definition) is 1. The smallest absolute Gasteiger partial charge is 0.264 e. The summed E-state index contributed by atoms with van der Waals surface area (Å²) in [6.45, 7) is 0.0881. The Morgan fingerprint density at radius 2 is 1.78 bits per heavy atom. The van der Waals surface area contributed by atoms with Gasteiger partial charge in [-0.15, -0.1) is 0 Å². The first-order valence-corrected chi connectivity index (χ1v) is 11.3. The Bertz CT molecular complexity index is 1360. The molecule has 184 valence electrons. The van der Waals surface area contributed by atoms with Crippen LogP contribution < -0.4 is 24.4 Å². The molecular weight excluding hydrogens is 464 g/mol. The van der Waals surface area contributed by atoms with E-state index in [1.165, 1.54) is 27.5 Å². The highest BCUT2D eigenvalue weighted by Gasteiger charge is 2.49. The third kappa shape index (κ3) is 3.67. The molecule has 2 aromatic carbocycles. The molecule has 3 heterocycles. The van der Waals surface area contributed by atoms with E-state index in [2.05, 4.69) is 10.3 Å². The molecule has 1 atom stereocenters. The zero-order chi connectivity index (χ0) is 25.4. The topological polar surface area (TPSA) is 110 Å². The summed E-state index contributed by atoms with van der Waals surface area (Å²) < 4.78 is 16.0. The highest BCUT2D eigenvalue weighted by Crippen LogP contribution is 2.49. The summed E-state index contributed by atoms with van der Waals surface area (Å²) in [5.41, 5.74) is 2.36. The molecule has 0 unspecified atom stereocenters. The van der Waals surface area contributed by atoms with Crippen LogP contribution in [-0.4, -0.2) is 55.5 Å². The number of ether oxygens (including phenoxy) is 3. The molecule has 36 heavy (non-hydrogen) atoms. The predicted molar refractivity (Wildman–Crippen MR) is 131 cm³/mol. The van der Waals surface area contributed by atoms with Gasteiger partial charge < -0.3 is 24.4 Å². The van der Waals surface area contributed by atoms with Gasteiger partial charge in [-0.05, 0) is 24.3 Å². The summed E-state index contributed by atoms with van der Waals surface area (Å²) in [6, 6.07) is 13.7. The monoisotopic (exact) mass is 488 g/mol. The Kier molecular flexibility index (Phi) is 5.93. The molecule has 0 fully saturated rings. The van der Waals surface area contributed by atoms with Crippen molar-refractivity contribution >= 4 is 29.1 Å². The molecule has 10 heteroatoms. The summed E-state index contributed by atoms with van der Waals surface area (Å²) >= 11 is 0. The third-order valence-electron chi connectivity index (χ3n) is 6.29. The van der Waals surface area contributed by atoms with Crippen molar-refractivity contribution in [1.29, 1.82) is 0 Å². The lowest BCUT2D eigenvalue weighted by Gasteiger charge is -2.40. The van der Waals surface area contributed by atoms with Crippen LogP contribution in [0.3, 0.4) is 0 Å². The van der Waals surface area contributed by atoms with Crippen molar-refractivity contribution in [2.75, 3.05) is 38.1 Å². The summed E-state index contributed by atoms with van der Waals surface area (Å²) in [7, 11) is 4.48. The molecule has 2 aliphatic heterocycles. The first kappa shape index (κ1) is 23.2. The second-order valence-electron chi connectivity index (χ2n) is 8.22. The maximum Gasteiger partial charge on any atom is 0.264 e. The minimum absolute atomic E-state index is 0.0150. The van der Waals surface area contributed by atoms with E-state index in [0.717, 1.165) is 0 Å². The zero-order valence-corrected chi connectivity index (χ0v) is 20.0. The molecule has 2 aliphatic rings. The number of anilines is 2. The number of nitrogens with zero attached hydrogens (tertiary/aromatic N) is 3. The fourth-order valence-electron chi connectivity index (χ4n) is 4.67. The number of carbonyl (C=O) groups is 3. The number of aromatic nitrogens is 1. The molecular formula is C26H24N4O6. The quantitative estimate of drug-likeness (QED) is 0.544. The lowest BCUT2D eigenvalue weighted by atomic mass is 10.0. The second kappa shape index (κ2) is 9.21. The largest absolute Gasteiger partial charge is 0.493 e. The number of carbonyl (C=O) groups excluding carboxylic acids is 3. The van der Waals surface area contributed by atoms with Crippen molar-refractivity contribution in [3.8, 4) is 17.4 Å². The number of para-hydroxylation sites is 1. The van der Waals surface area contributed by atoms with E-state index in [-0.39, 0.29) is 30.7 Å². The van der Waals surface area contributed by atoms with Crippen LogP contribution in [0.4, 0.5) is 11.4 Å². The van der Waals surface area contributed by atoms with Gasteiger partial charge in [0.15, 0.2) is 11.5 Å². The number of nitrogens with one attached hydrogen (secondary N) is 1. The maximum absolute atomic E-state index is 13.7. The number of rotatable bonds is 7. The Morgan fingerprint density at radius 3 is 2.47 bits per heavy atom. The average molecular weight is 489 g/mol. The average Bonchev–Trinajstić information content (AvgIpc) is 3.20. The molecule has 0 bridgehead atoms. The summed E-state index contributed by atoms with van der Waals surface area (Å²) in [6.07, 6.45) is 0.790. The highest BCUT2D eigenvalue weighted by molar-refractivity contribution is 6.18. The van der Waals surface area contributed by atoms with Crippen LogP contribution in [0.1, 0.15) is 38.9 Å². The van der Waals surface area contributed by atoms with Crippen LogP contribution >= 0.6 is 0 Å². The predicted octanol–water partition coefficient (Wildman–Crippen LogP) is 3.25. The molecule has 3 aromatic rings. The molecule has 0 spiro atoms.